The van der Waals surface area contributed by atoms with Crippen LogP contribution in [-0.4, -0.2) is 21.9 Å². The summed E-state index contributed by atoms with van der Waals surface area (Å²) in [6.07, 6.45) is 16.1. The zero-order valence-electron chi connectivity index (χ0n) is 14.5. The van der Waals surface area contributed by atoms with Crippen molar-refractivity contribution in [2.24, 2.45) is 28.6 Å². The molecule has 126 valence electrons. The fourth-order valence-electron chi connectivity index (χ4n) is 6.89. The molecular weight excluding hydrogens is 284 g/mol. The molecule has 7 atom stereocenters. The molecule has 0 unspecified atom stereocenters. The first kappa shape index (κ1) is 15.7. The van der Waals surface area contributed by atoms with Crippen molar-refractivity contribution >= 4 is 0 Å². The summed E-state index contributed by atoms with van der Waals surface area (Å²) in [5.74, 6) is 4.65. The minimum Gasteiger partial charge on any atom is -0.393 e. The molecule has 0 amide bonds. The average Bonchev–Trinajstić information content (AvgIpc) is 2.80. The van der Waals surface area contributed by atoms with Gasteiger partial charge in [-0.2, -0.15) is 0 Å². The van der Waals surface area contributed by atoms with Crippen molar-refractivity contribution in [2.75, 3.05) is 0 Å². The topological polar surface area (TPSA) is 40.5 Å². The van der Waals surface area contributed by atoms with E-state index in [0.29, 0.717) is 17.8 Å². The van der Waals surface area contributed by atoms with Crippen LogP contribution in [0.1, 0.15) is 65.2 Å². The Morgan fingerprint density at radius 1 is 1.13 bits per heavy atom. The number of allylic oxidation sites excluding steroid dienone is 1. The average molecular weight is 314 g/mol. The van der Waals surface area contributed by atoms with Crippen molar-refractivity contribution < 1.29 is 10.2 Å². The maximum Gasteiger partial charge on any atom is 0.130 e. The number of aliphatic hydroxyl groups excluding tert-OH is 1. The lowest BCUT2D eigenvalue weighted by Gasteiger charge is -2.58. The fourth-order valence-corrected chi connectivity index (χ4v) is 6.89. The summed E-state index contributed by atoms with van der Waals surface area (Å²) in [5.41, 5.74) is 0.751. The van der Waals surface area contributed by atoms with Crippen molar-refractivity contribution in [1.82, 2.24) is 0 Å². The summed E-state index contributed by atoms with van der Waals surface area (Å²) < 4.78 is 0. The highest BCUT2D eigenvalue weighted by Gasteiger charge is 2.63. The van der Waals surface area contributed by atoms with Gasteiger partial charge in [-0.15, -0.1) is 6.42 Å². The third kappa shape index (κ3) is 1.90. The van der Waals surface area contributed by atoms with Crippen LogP contribution in [-0.2, 0) is 0 Å². The lowest BCUT2D eigenvalue weighted by atomic mass is 9.47. The number of terminal acetylenes is 1. The van der Waals surface area contributed by atoms with Crippen molar-refractivity contribution in [3.63, 3.8) is 0 Å². The molecule has 2 nitrogen and oxygen atoms in total. The molecule has 2 N–H and O–H groups in total. The Bertz CT molecular complexity index is 587. The maximum absolute atomic E-state index is 11.0. The summed E-state index contributed by atoms with van der Waals surface area (Å²) in [7, 11) is 0. The fraction of sp³-hybridized carbons (Fsp3) is 0.810. The molecule has 0 spiro atoms. The quantitative estimate of drug-likeness (QED) is 0.529. The molecule has 23 heavy (non-hydrogen) atoms. The molecule has 0 heterocycles. The van der Waals surface area contributed by atoms with Gasteiger partial charge < -0.3 is 10.2 Å². The Morgan fingerprint density at radius 3 is 2.61 bits per heavy atom. The lowest BCUT2D eigenvalue weighted by molar-refractivity contribution is -0.0969. The molecule has 3 saturated carbocycles. The van der Waals surface area contributed by atoms with Gasteiger partial charge in [-0.25, -0.2) is 0 Å². The highest BCUT2D eigenvalue weighted by atomic mass is 16.3. The van der Waals surface area contributed by atoms with Crippen LogP contribution in [0.4, 0.5) is 0 Å². The summed E-state index contributed by atoms with van der Waals surface area (Å²) in [6, 6.07) is 0. The molecular formula is C21H30O2. The van der Waals surface area contributed by atoms with Crippen LogP contribution in [0.5, 0.6) is 0 Å². The van der Waals surface area contributed by atoms with Crippen molar-refractivity contribution in [2.45, 2.75) is 76.9 Å². The van der Waals surface area contributed by atoms with E-state index in [2.05, 4.69) is 25.8 Å². The van der Waals surface area contributed by atoms with Crippen LogP contribution in [0.3, 0.4) is 0 Å². The SMILES string of the molecule is C#C[C@]1(O)CC[C@@H]2[C@@H]3CC=C4C[C@H](O)CC[C@]4(C)[C@@H]3CC[C@@]21C. The van der Waals surface area contributed by atoms with E-state index in [1.54, 1.807) is 0 Å². The molecule has 2 heteroatoms. The molecule has 3 fully saturated rings. The molecule has 0 saturated heterocycles. The van der Waals surface area contributed by atoms with E-state index in [0.717, 1.165) is 44.9 Å². The van der Waals surface area contributed by atoms with E-state index in [1.807, 2.05) is 0 Å². The van der Waals surface area contributed by atoms with E-state index in [1.165, 1.54) is 12.0 Å². The van der Waals surface area contributed by atoms with Gasteiger partial charge in [-0.3, -0.25) is 0 Å². The maximum atomic E-state index is 11.0. The smallest absolute Gasteiger partial charge is 0.130 e. The van der Waals surface area contributed by atoms with Gasteiger partial charge in [-0.05, 0) is 74.5 Å². The summed E-state index contributed by atoms with van der Waals surface area (Å²) >= 11 is 0. The largest absolute Gasteiger partial charge is 0.393 e. The van der Waals surface area contributed by atoms with Crippen molar-refractivity contribution in [3.05, 3.63) is 11.6 Å². The van der Waals surface area contributed by atoms with Crippen molar-refractivity contribution in [3.8, 4) is 12.3 Å². The normalized spacial score (nSPS) is 55.2. The number of fused-ring (bicyclic) bond motifs is 5. The van der Waals surface area contributed by atoms with Gasteiger partial charge in [0, 0.05) is 5.41 Å². The summed E-state index contributed by atoms with van der Waals surface area (Å²) in [5, 5.41) is 21.0. The minimum atomic E-state index is -0.906. The number of aliphatic hydroxyl groups is 2. The second kappa shape index (κ2) is 4.87. The third-order valence-electron chi connectivity index (χ3n) is 8.47. The van der Waals surface area contributed by atoms with Crippen LogP contribution in [0, 0.1) is 40.9 Å². The van der Waals surface area contributed by atoms with Gasteiger partial charge in [0.05, 0.1) is 6.10 Å². The molecule has 0 aromatic rings. The first-order chi connectivity index (χ1) is 10.8. The van der Waals surface area contributed by atoms with Gasteiger partial charge in [0.1, 0.15) is 5.60 Å². The molecule has 4 aliphatic rings. The van der Waals surface area contributed by atoms with E-state index < -0.39 is 5.60 Å². The van der Waals surface area contributed by atoms with Crippen molar-refractivity contribution in [1.29, 1.82) is 0 Å². The molecule has 0 radical (unpaired) electrons. The second-order valence-electron chi connectivity index (χ2n) is 9.16. The molecule has 4 aliphatic carbocycles. The van der Waals surface area contributed by atoms with E-state index in [4.69, 9.17) is 6.42 Å². The second-order valence-corrected chi connectivity index (χ2v) is 9.16. The van der Waals surface area contributed by atoms with Crippen LogP contribution in [0.2, 0.25) is 0 Å². The van der Waals surface area contributed by atoms with Crippen LogP contribution in [0.15, 0.2) is 11.6 Å². The van der Waals surface area contributed by atoms with Gasteiger partial charge in [0.2, 0.25) is 0 Å². The molecule has 0 aromatic carbocycles. The first-order valence-electron chi connectivity index (χ1n) is 9.42. The molecule has 0 bridgehead atoms. The Balaban J connectivity index is 1.69. The summed E-state index contributed by atoms with van der Waals surface area (Å²) in [6.45, 7) is 4.68. The molecule has 0 aromatic heterocycles. The highest BCUT2D eigenvalue weighted by molar-refractivity contribution is 5.28. The van der Waals surface area contributed by atoms with Crippen LogP contribution in [0.25, 0.3) is 0 Å². The third-order valence-corrected chi connectivity index (χ3v) is 8.47. The lowest BCUT2D eigenvalue weighted by Crippen LogP contribution is -2.54. The predicted octanol–water partition coefficient (Wildman–Crippen LogP) is 3.67. The van der Waals surface area contributed by atoms with Gasteiger partial charge in [-0.1, -0.05) is 31.4 Å². The number of rotatable bonds is 0. The van der Waals surface area contributed by atoms with Crippen LogP contribution >= 0.6 is 0 Å². The summed E-state index contributed by atoms with van der Waals surface area (Å²) in [4.78, 5) is 0. The van der Waals surface area contributed by atoms with Gasteiger partial charge in [0.15, 0.2) is 0 Å². The zero-order chi connectivity index (χ0) is 16.5. The highest BCUT2D eigenvalue weighted by Crippen LogP contribution is 2.66. The standard InChI is InChI=1S/C21H30O2/c1-4-21(23)12-9-18-16-6-5-14-13-15(22)7-10-19(14,2)17(16)8-11-20(18,21)3/h1,5,15-18,22-23H,6-13H2,2-3H3/t15-,16-,17-,18-,19+,20+,21+/m1/s1. The van der Waals surface area contributed by atoms with Crippen LogP contribution < -0.4 is 0 Å². The van der Waals surface area contributed by atoms with Gasteiger partial charge >= 0.3 is 0 Å². The number of hydrogen-bond donors (Lipinski definition) is 2. The first-order valence-corrected chi connectivity index (χ1v) is 9.42. The Labute approximate surface area is 140 Å². The van der Waals surface area contributed by atoms with Gasteiger partial charge in [0.25, 0.3) is 0 Å². The van der Waals surface area contributed by atoms with E-state index in [-0.39, 0.29) is 16.9 Å². The Morgan fingerprint density at radius 2 is 1.87 bits per heavy atom. The monoisotopic (exact) mass is 314 g/mol. The molecule has 4 rings (SSSR count). The zero-order valence-corrected chi connectivity index (χ0v) is 14.5. The van der Waals surface area contributed by atoms with E-state index >= 15 is 0 Å². The molecule has 0 aliphatic heterocycles. The van der Waals surface area contributed by atoms with E-state index in [9.17, 15) is 10.2 Å². The Kier molecular flexibility index (Phi) is 3.33. The number of hydrogen-bond acceptors (Lipinski definition) is 2. The Hall–Kier alpha value is -0.780. The minimum absolute atomic E-state index is 0.112. The predicted molar refractivity (Wildman–Crippen MR) is 91.5 cm³/mol.